The minimum atomic E-state index is 1.06. The van der Waals surface area contributed by atoms with Gasteiger partial charge in [-0.1, -0.05) is 64.4 Å². The van der Waals surface area contributed by atoms with Crippen molar-refractivity contribution in [3.8, 4) is 0 Å². The third kappa shape index (κ3) is 1550. The van der Waals surface area contributed by atoms with Gasteiger partial charge in [0.25, 0.3) is 0 Å². The first-order chi connectivity index (χ1) is 4.41. The summed E-state index contributed by atoms with van der Waals surface area (Å²) in [5, 5.41) is 1.06. The number of hydrogen-bond donors (Lipinski definition) is 0. The van der Waals surface area contributed by atoms with E-state index >= 15 is 0 Å². The molecule has 0 rings (SSSR count). The lowest BCUT2D eigenvalue weighted by Gasteiger charge is -1.45. The van der Waals surface area contributed by atoms with Crippen LogP contribution in [0.5, 0.6) is 0 Å². The van der Waals surface area contributed by atoms with Crippen molar-refractivity contribution in [2.45, 2.75) is 48.5 Å². The second-order valence-corrected chi connectivity index (χ2v) is 1.39. The lowest BCUT2D eigenvalue weighted by molar-refractivity contribution is 1.50. The molecule has 0 N–H and O–H groups in total. The maximum Gasteiger partial charge on any atom is 0.000281 e. The summed E-state index contributed by atoms with van der Waals surface area (Å²) < 4.78 is 0. The Morgan fingerprint density at radius 3 is 0.778 bits per heavy atom. The summed E-state index contributed by atoms with van der Waals surface area (Å²) in [7, 11) is 0. The lowest BCUT2D eigenvalue weighted by atomic mass is 11.0. The summed E-state index contributed by atoms with van der Waals surface area (Å²) in [5.74, 6) is 0. The maximum atomic E-state index is 3.15. The van der Waals surface area contributed by atoms with Gasteiger partial charge >= 0.3 is 0 Å². The van der Waals surface area contributed by atoms with Gasteiger partial charge in [0.1, 0.15) is 0 Å². The van der Waals surface area contributed by atoms with Crippen LogP contribution >= 0.6 is 15.9 Å². The molecular weight excluding hydrogens is 176 g/mol. The fourth-order valence-corrected chi connectivity index (χ4v) is 0. The Morgan fingerprint density at radius 1 is 0.778 bits per heavy atom. The van der Waals surface area contributed by atoms with Crippen LogP contribution in [0, 0.1) is 0 Å². The summed E-state index contributed by atoms with van der Waals surface area (Å²) in [6, 6.07) is 0. The molecule has 0 unspecified atom stereocenters. The Labute approximate surface area is 70.2 Å². The predicted octanol–water partition coefficient (Wildman–Crippen LogP) is 4.48. The van der Waals surface area contributed by atoms with E-state index < -0.39 is 0 Å². The second-order valence-electron chi connectivity index (χ2n) is 0.267. The number of hydrogen-bond acceptors (Lipinski definition) is 0. The molecule has 0 aromatic rings. The van der Waals surface area contributed by atoms with Crippen LogP contribution in [0.2, 0.25) is 0 Å². The highest BCUT2D eigenvalue weighted by atomic mass is 79.9. The van der Waals surface area contributed by atoms with E-state index in [-0.39, 0.29) is 0 Å². The zero-order chi connectivity index (χ0) is 8.71. The Balaban J connectivity index is -0.0000000190. The highest BCUT2D eigenvalue weighted by Crippen LogP contribution is 1.67. The Bertz CT molecular complexity index is 4.53. The molecule has 0 fully saturated rings. The normalized spacial score (nSPS) is 4.00. The molecule has 0 aromatic heterocycles. The van der Waals surface area contributed by atoms with E-state index in [4.69, 9.17) is 0 Å². The summed E-state index contributed by atoms with van der Waals surface area (Å²) in [6.07, 6.45) is 0. The van der Waals surface area contributed by atoms with Crippen LogP contribution in [0.15, 0.2) is 0 Å². The largest absolute Gasteiger partial charge is 0.0931 e. The highest BCUT2D eigenvalue weighted by molar-refractivity contribution is 9.09. The van der Waals surface area contributed by atoms with Crippen LogP contribution in [0.3, 0.4) is 0 Å². The zero-order valence-electron chi connectivity index (χ0n) is 8.09. The smallest absolute Gasteiger partial charge is 0.000281 e. The average molecular weight is 199 g/mol. The predicted molar refractivity (Wildman–Crippen MR) is 53.5 cm³/mol. The van der Waals surface area contributed by atoms with Crippen molar-refractivity contribution in [1.29, 1.82) is 0 Å². The number of rotatable bonds is 0. The molecule has 0 nitrogen and oxygen atoms in total. The molecule has 0 heterocycles. The fourth-order valence-electron chi connectivity index (χ4n) is 0. The van der Waals surface area contributed by atoms with Crippen molar-refractivity contribution in [3.05, 3.63) is 0 Å². The third-order valence-electron chi connectivity index (χ3n) is 0. The van der Waals surface area contributed by atoms with E-state index in [1.165, 1.54) is 0 Å². The van der Waals surface area contributed by atoms with Crippen LogP contribution < -0.4 is 0 Å². The third-order valence-corrected chi connectivity index (χ3v) is 0. The van der Waals surface area contributed by atoms with Crippen LogP contribution in [-0.2, 0) is 0 Å². The molecule has 0 spiro atoms. The van der Waals surface area contributed by atoms with E-state index in [0.717, 1.165) is 5.33 Å². The molecule has 0 saturated carbocycles. The molecule has 9 heavy (non-hydrogen) atoms. The molecule has 62 valence electrons. The molecule has 0 atom stereocenters. The van der Waals surface area contributed by atoms with Gasteiger partial charge in [0.15, 0.2) is 0 Å². The molecule has 0 aliphatic rings. The zero-order valence-corrected chi connectivity index (χ0v) is 9.67. The van der Waals surface area contributed by atoms with Gasteiger partial charge in [-0.2, -0.15) is 0 Å². The van der Waals surface area contributed by atoms with Gasteiger partial charge in [0.2, 0.25) is 0 Å². The first kappa shape index (κ1) is 22.7. The van der Waals surface area contributed by atoms with E-state index in [1.807, 2.05) is 48.5 Å². The van der Waals surface area contributed by atoms with Gasteiger partial charge in [-0.25, -0.2) is 0 Å². The second kappa shape index (κ2) is 217. The summed E-state index contributed by atoms with van der Waals surface area (Å²) in [4.78, 5) is 0. The Hall–Kier alpha value is 0.480. The molecule has 0 aromatic carbocycles. The molecule has 0 amide bonds. The topological polar surface area (TPSA) is 0 Å². The van der Waals surface area contributed by atoms with Gasteiger partial charge < -0.3 is 0 Å². The molecule has 1 heteroatoms. The molecule has 0 aliphatic carbocycles. The first-order valence-electron chi connectivity index (χ1n) is 3.97. The molecule has 0 bridgehead atoms. The van der Waals surface area contributed by atoms with Gasteiger partial charge in [0, 0.05) is 5.33 Å². The first-order valence-corrected chi connectivity index (χ1v) is 5.10. The summed E-state index contributed by atoms with van der Waals surface area (Å²) >= 11 is 3.15. The van der Waals surface area contributed by atoms with Gasteiger partial charge in [0.05, 0.1) is 0 Å². The van der Waals surface area contributed by atoms with Crippen molar-refractivity contribution < 1.29 is 0 Å². The van der Waals surface area contributed by atoms with Gasteiger partial charge in [-0.3, -0.25) is 0 Å². The Kier molecular flexibility index (Phi) is 546. The molecular formula is C8H23Br. The van der Waals surface area contributed by atoms with E-state index in [2.05, 4.69) is 15.9 Å². The minimum Gasteiger partial charge on any atom is -0.0931 e. The van der Waals surface area contributed by atoms with E-state index in [1.54, 1.807) is 0 Å². The Morgan fingerprint density at radius 2 is 0.778 bits per heavy atom. The number of alkyl halides is 1. The highest BCUT2D eigenvalue weighted by Gasteiger charge is 1.38. The van der Waals surface area contributed by atoms with Crippen molar-refractivity contribution in [1.82, 2.24) is 0 Å². The van der Waals surface area contributed by atoms with E-state index in [0.29, 0.717) is 0 Å². The van der Waals surface area contributed by atoms with Crippen molar-refractivity contribution in [2.75, 3.05) is 5.33 Å². The van der Waals surface area contributed by atoms with Crippen molar-refractivity contribution in [2.24, 2.45) is 0 Å². The standard InChI is InChI=1S/C2H5Br.3C2H6/c1-2-3;3*1-2/h2H2,1H3;3*1-2H3. The molecule has 0 aliphatic heterocycles. The van der Waals surface area contributed by atoms with Crippen LogP contribution in [0.1, 0.15) is 48.5 Å². The lowest BCUT2D eigenvalue weighted by Crippen LogP contribution is -1.34. The van der Waals surface area contributed by atoms with Crippen LogP contribution in [0.25, 0.3) is 0 Å². The quantitative estimate of drug-likeness (QED) is 0.504. The fraction of sp³-hybridized carbons (Fsp3) is 1.00. The summed E-state index contributed by atoms with van der Waals surface area (Å²) in [6.45, 7) is 14.0. The van der Waals surface area contributed by atoms with Gasteiger partial charge in [-0.05, 0) is 0 Å². The van der Waals surface area contributed by atoms with Crippen molar-refractivity contribution in [3.63, 3.8) is 0 Å². The SMILES string of the molecule is CC.CC.CC.CCBr. The van der Waals surface area contributed by atoms with Crippen LogP contribution in [-0.4, -0.2) is 5.33 Å². The summed E-state index contributed by atoms with van der Waals surface area (Å²) in [5.41, 5.74) is 0. The monoisotopic (exact) mass is 198 g/mol. The van der Waals surface area contributed by atoms with Crippen LogP contribution in [0.4, 0.5) is 0 Å². The maximum absolute atomic E-state index is 3.15. The van der Waals surface area contributed by atoms with Gasteiger partial charge in [-0.15, -0.1) is 0 Å². The van der Waals surface area contributed by atoms with E-state index in [9.17, 15) is 0 Å². The average Bonchev–Trinajstić information content (AvgIpc) is 2.01. The number of halogens is 1. The minimum absolute atomic E-state index is 1.06. The molecule has 0 saturated heterocycles. The molecule has 0 radical (unpaired) electrons. The van der Waals surface area contributed by atoms with Crippen molar-refractivity contribution >= 4 is 15.9 Å².